The number of carbonyl (C=O) groups excluding carboxylic acids is 2. The van der Waals surface area contributed by atoms with Gasteiger partial charge in [0.25, 0.3) is 0 Å². The van der Waals surface area contributed by atoms with Gasteiger partial charge in [-0.1, -0.05) is 0 Å². The molecule has 2 aliphatic rings. The maximum absolute atomic E-state index is 12.7. The molecule has 108 valence electrons. The van der Waals surface area contributed by atoms with E-state index >= 15 is 0 Å². The lowest BCUT2D eigenvalue weighted by Crippen LogP contribution is -2.46. The fourth-order valence-corrected chi connectivity index (χ4v) is 3.36. The van der Waals surface area contributed by atoms with E-state index in [1.54, 1.807) is 6.26 Å². The summed E-state index contributed by atoms with van der Waals surface area (Å²) in [6.45, 7) is 2.71. The highest BCUT2D eigenvalue weighted by molar-refractivity contribution is 5.87. The zero-order valence-electron chi connectivity index (χ0n) is 11.7. The van der Waals surface area contributed by atoms with E-state index in [0.29, 0.717) is 6.42 Å². The molecule has 2 fully saturated rings. The van der Waals surface area contributed by atoms with E-state index < -0.39 is 0 Å². The van der Waals surface area contributed by atoms with E-state index in [4.69, 9.17) is 4.42 Å². The van der Waals surface area contributed by atoms with Crippen molar-refractivity contribution in [2.75, 3.05) is 6.54 Å². The van der Waals surface area contributed by atoms with Gasteiger partial charge in [-0.05, 0) is 38.3 Å². The summed E-state index contributed by atoms with van der Waals surface area (Å²) < 4.78 is 5.45. The molecule has 20 heavy (non-hydrogen) atoms. The average Bonchev–Trinajstić information content (AvgIpc) is 3.07. The summed E-state index contributed by atoms with van der Waals surface area (Å²) in [4.78, 5) is 26.2. The summed E-state index contributed by atoms with van der Waals surface area (Å²) in [6.07, 6.45) is 4.61. The highest BCUT2D eigenvalue weighted by Crippen LogP contribution is 2.34. The van der Waals surface area contributed by atoms with Crippen LogP contribution in [0, 0.1) is 5.92 Å². The molecule has 3 unspecified atom stereocenters. The number of carbonyl (C=O) groups is 2. The second kappa shape index (κ2) is 5.31. The fourth-order valence-electron chi connectivity index (χ4n) is 3.36. The molecule has 5 heteroatoms. The van der Waals surface area contributed by atoms with Crippen molar-refractivity contribution in [2.24, 2.45) is 5.92 Å². The van der Waals surface area contributed by atoms with Crippen LogP contribution >= 0.6 is 0 Å². The lowest BCUT2D eigenvalue weighted by Gasteiger charge is -2.32. The van der Waals surface area contributed by atoms with Crippen molar-refractivity contribution in [1.29, 1.82) is 0 Å². The van der Waals surface area contributed by atoms with Gasteiger partial charge in [-0.25, -0.2) is 0 Å². The van der Waals surface area contributed by atoms with Crippen molar-refractivity contribution in [3.05, 3.63) is 24.2 Å². The van der Waals surface area contributed by atoms with Crippen molar-refractivity contribution in [3.8, 4) is 0 Å². The second-order valence-electron chi connectivity index (χ2n) is 5.81. The summed E-state index contributed by atoms with van der Waals surface area (Å²) in [5, 5.41) is 2.87. The summed E-state index contributed by atoms with van der Waals surface area (Å²) in [5.74, 6) is 0.750. The minimum atomic E-state index is -0.186. The molecule has 2 saturated heterocycles. The van der Waals surface area contributed by atoms with Crippen molar-refractivity contribution in [1.82, 2.24) is 10.2 Å². The molecule has 0 aromatic carbocycles. The van der Waals surface area contributed by atoms with Crippen molar-refractivity contribution in [3.63, 3.8) is 0 Å². The first kappa shape index (κ1) is 13.2. The Labute approximate surface area is 118 Å². The molecule has 0 aliphatic carbocycles. The molecule has 2 amide bonds. The Morgan fingerprint density at radius 2 is 2.35 bits per heavy atom. The molecule has 3 rings (SSSR count). The number of likely N-dealkylation sites (tertiary alicyclic amines) is 1. The van der Waals surface area contributed by atoms with Crippen LogP contribution in [0.15, 0.2) is 22.8 Å². The molecule has 5 nitrogen and oxygen atoms in total. The van der Waals surface area contributed by atoms with Gasteiger partial charge in [0.2, 0.25) is 11.8 Å². The van der Waals surface area contributed by atoms with E-state index in [1.165, 1.54) is 0 Å². The van der Waals surface area contributed by atoms with E-state index in [9.17, 15) is 9.59 Å². The van der Waals surface area contributed by atoms with E-state index in [2.05, 4.69) is 5.32 Å². The van der Waals surface area contributed by atoms with Gasteiger partial charge in [0.05, 0.1) is 12.3 Å². The number of furan rings is 1. The third kappa shape index (κ3) is 2.44. The molecular weight excluding hydrogens is 256 g/mol. The number of piperidine rings is 1. The number of hydrogen-bond donors (Lipinski definition) is 1. The Morgan fingerprint density at radius 3 is 3.05 bits per heavy atom. The zero-order chi connectivity index (χ0) is 14.1. The maximum atomic E-state index is 12.7. The van der Waals surface area contributed by atoms with Crippen molar-refractivity contribution < 1.29 is 14.0 Å². The predicted molar refractivity (Wildman–Crippen MR) is 72.7 cm³/mol. The minimum absolute atomic E-state index is 0.0177. The maximum Gasteiger partial charge on any atom is 0.226 e. The second-order valence-corrected chi connectivity index (χ2v) is 5.81. The summed E-state index contributed by atoms with van der Waals surface area (Å²) in [5.41, 5.74) is 0. The molecule has 0 bridgehead atoms. The number of rotatable bonds is 2. The standard InChI is InChI=1S/C15H20N2O3/c1-10-8-11(9-14(18)16-10)15(19)17-6-2-4-12(17)13-5-3-7-20-13/h3,5,7,10-12H,2,4,6,8-9H2,1H3,(H,16,18). The largest absolute Gasteiger partial charge is 0.467 e. The Bertz CT molecular complexity index is 497. The third-order valence-electron chi connectivity index (χ3n) is 4.23. The number of nitrogens with zero attached hydrogens (tertiary/aromatic N) is 1. The molecule has 2 aliphatic heterocycles. The van der Waals surface area contributed by atoms with Crippen LogP contribution in [0.1, 0.15) is 44.4 Å². The van der Waals surface area contributed by atoms with Gasteiger partial charge in [-0.2, -0.15) is 0 Å². The van der Waals surface area contributed by atoms with Crippen LogP contribution < -0.4 is 5.32 Å². The van der Waals surface area contributed by atoms with Gasteiger partial charge in [0, 0.05) is 24.9 Å². The van der Waals surface area contributed by atoms with Crippen LogP contribution in [-0.4, -0.2) is 29.3 Å². The van der Waals surface area contributed by atoms with Crippen LogP contribution in [0.2, 0.25) is 0 Å². The molecular formula is C15H20N2O3. The smallest absolute Gasteiger partial charge is 0.226 e. The molecule has 0 radical (unpaired) electrons. The van der Waals surface area contributed by atoms with Gasteiger partial charge in [-0.15, -0.1) is 0 Å². The molecule has 3 atom stereocenters. The van der Waals surface area contributed by atoms with Crippen LogP contribution in [0.5, 0.6) is 0 Å². The van der Waals surface area contributed by atoms with Crippen LogP contribution in [0.3, 0.4) is 0 Å². The zero-order valence-corrected chi connectivity index (χ0v) is 11.7. The van der Waals surface area contributed by atoms with E-state index in [0.717, 1.165) is 31.6 Å². The van der Waals surface area contributed by atoms with E-state index in [-0.39, 0.29) is 29.8 Å². The minimum Gasteiger partial charge on any atom is -0.467 e. The SMILES string of the molecule is CC1CC(C(=O)N2CCCC2c2ccco2)CC(=O)N1. The number of amides is 2. The van der Waals surface area contributed by atoms with Crippen LogP contribution in [-0.2, 0) is 9.59 Å². The normalized spacial score (nSPS) is 30.4. The van der Waals surface area contributed by atoms with Gasteiger partial charge in [0.15, 0.2) is 0 Å². The first-order valence-electron chi connectivity index (χ1n) is 7.28. The monoisotopic (exact) mass is 276 g/mol. The quantitative estimate of drug-likeness (QED) is 0.896. The first-order valence-corrected chi connectivity index (χ1v) is 7.28. The van der Waals surface area contributed by atoms with Crippen molar-refractivity contribution >= 4 is 11.8 Å². The van der Waals surface area contributed by atoms with Crippen molar-refractivity contribution in [2.45, 2.75) is 44.7 Å². The van der Waals surface area contributed by atoms with Gasteiger partial charge in [0.1, 0.15) is 5.76 Å². The lowest BCUT2D eigenvalue weighted by molar-refractivity contribution is -0.141. The molecule has 1 aromatic heterocycles. The van der Waals surface area contributed by atoms with Crippen LogP contribution in [0.25, 0.3) is 0 Å². The molecule has 0 saturated carbocycles. The molecule has 0 spiro atoms. The predicted octanol–water partition coefficient (Wildman–Crippen LogP) is 1.86. The first-order chi connectivity index (χ1) is 9.65. The number of nitrogens with one attached hydrogen (secondary N) is 1. The molecule has 3 heterocycles. The molecule has 1 aromatic rings. The Hall–Kier alpha value is -1.78. The summed E-state index contributed by atoms with van der Waals surface area (Å²) in [7, 11) is 0. The summed E-state index contributed by atoms with van der Waals surface area (Å²) in [6, 6.07) is 3.89. The topological polar surface area (TPSA) is 62.6 Å². The van der Waals surface area contributed by atoms with Crippen LogP contribution in [0.4, 0.5) is 0 Å². The highest BCUT2D eigenvalue weighted by Gasteiger charge is 2.38. The van der Waals surface area contributed by atoms with Gasteiger partial charge in [-0.3, -0.25) is 9.59 Å². The average molecular weight is 276 g/mol. The Morgan fingerprint density at radius 1 is 1.50 bits per heavy atom. The molecule has 1 N–H and O–H groups in total. The third-order valence-corrected chi connectivity index (χ3v) is 4.23. The fraction of sp³-hybridized carbons (Fsp3) is 0.600. The van der Waals surface area contributed by atoms with E-state index in [1.807, 2.05) is 24.0 Å². The Balaban J connectivity index is 1.74. The van der Waals surface area contributed by atoms with Gasteiger partial charge < -0.3 is 14.6 Å². The number of hydrogen-bond acceptors (Lipinski definition) is 3. The lowest BCUT2D eigenvalue weighted by atomic mass is 9.91. The van der Waals surface area contributed by atoms with Gasteiger partial charge >= 0.3 is 0 Å². The Kier molecular flexibility index (Phi) is 3.51. The highest BCUT2D eigenvalue weighted by atomic mass is 16.3. The summed E-state index contributed by atoms with van der Waals surface area (Å²) >= 11 is 0.